The first-order valence-corrected chi connectivity index (χ1v) is 5.39. The summed E-state index contributed by atoms with van der Waals surface area (Å²) in [5.41, 5.74) is 0.336. The van der Waals surface area contributed by atoms with Crippen molar-refractivity contribution in [1.82, 2.24) is 10.2 Å². The van der Waals surface area contributed by atoms with Crippen molar-refractivity contribution < 1.29 is 5.11 Å². The van der Waals surface area contributed by atoms with Gasteiger partial charge in [-0.25, -0.2) is 0 Å². The molecule has 1 fully saturated rings. The quantitative estimate of drug-likeness (QED) is 0.658. The van der Waals surface area contributed by atoms with Crippen LogP contribution < -0.4 is 5.32 Å². The van der Waals surface area contributed by atoms with Crippen LogP contribution in [0.15, 0.2) is 0 Å². The molecule has 0 aliphatic carbocycles. The molecule has 0 radical (unpaired) electrons. The van der Waals surface area contributed by atoms with Crippen molar-refractivity contribution in [2.75, 3.05) is 19.7 Å². The Bertz CT molecular complexity index is 196. The maximum Gasteiger partial charge on any atom is 0.0597 e. The third kappa shape index (κ3) is 2.47. The zero-order valence-electron chi connectivity index (χ0n) is 10.1. The van der Waals surface area contributed by atoms with Crippen molar-refractivity contribution in [3.05, 3.63) is 0 Å². The lowest BCUT2D eigenvalue weighted by atomic mass is 9.90. The molecule has 84 valence electrons. The molecule has 0 saturated carbocycles. The largest absolute Gasteiger partial charge is 0.395 e. The first-order valence-electron chi connectivity index (χ1n) is 5.39. The van der Waals surface area contributed by atoms with Crippen molar-refractivity contribution >= 4 is 0 Å². The van der Waals surface area contributed by atoms with Crippen molar-refractivity contribution in [2.24, 2.45) is 0 Å². The second kappa shape index (κ2) is 3.80. The predicted molar refractivity (Wildman–Crippen MR) is 59.4 cm³/mol. The van der Waals surface area contributed by atoms with Crippen LogP contribution in [0.5, 0.6) is 0 Å². The molecule has 1 atom stereocenters. The van der Waals surface area contributed by atoms with Crippen LogP contribution in [0.4, 0.5) is 0 Å². The van der Waals surface area contributed by atoms with Crippen LogP contribution in [0.1, 0.15) is 34.6 Å². The number of nitrogens with one attached hydrogen (secondary N) is 1. The average Bonchev–Trinajstić information content (AvgIpc) is 2.01. The second-order valence-electron chi connectivity index (χ2n) is 5.85. The summed E-state index contributed by atoms with van der Waals surface area (Å²) in [4.78, 5) is 2.47. The van der Waals surface area contributed by atoms with Crippen LogP contribution >= 0.6 is 0 Å². The van der Waals surface area contributed by atoms with Gasteiger partial charge in [0.05, 0.1) is 6.61 Å². The Kier molecular flexibility index (Phi) is 3.24. The van der Waals surface area contributed by atoms with E-state index >= 15 is 0 Å². The van der Waals surface area contributed by atoms with Crippen LogP contribution in [0, 0.1) is 0 Å². The molecule has 3 nitrogen and oxygen atoms in total. The Labute approximate surface area is 87.5 Å². The summed E-state index contributed by atoms with van der Waals surface area (Å²) in [7, 11) is 0. The van der Waals surface area contributed by atoms with Crippen LogP contribution in [0.2, 0.25) is 0 Å². The van der Waals surface area contributed by atoms with E-state index < -0.39 is 0 Å². The van der Waals surface area contributed by atoms with Crippen molar-refractivity contribution in [1.29, 1.82) is 0 Å². The standard InChI is InChI=1S/C11H24N2O/c1-10(2,3)13-6-9(7-14)12-8-11(13,4)5/h9,12,14H,6-8H2,1-5H3. The fourth-order valence-electron chi connectivity index (χ4n) is 2.33. The van der Waals surface area contributed by atoms with Gasteiger partial charge in [-0.3, -0.25) is 4.90 Å². The number of hydrogen-bond acceptors (Lipinski definition) is 3. The number of piperazine rings is 1. The van der Waals surface area contributed by atoms with Gasteiger partial charge in [0.25, 0.3) is 0 Å². The van der Waals surface area contributed by atoms with Crippen LogP contribution in [0.3, 0.4) is 0 Å². The number of aliphatic hydroxyl groups excluding tert-OH is 1. The molecule has 0 aromatic heterocycles. The van der Waals surface area contributed by atoms with Gasteiger partial charge in [0.2, 0.25) is 0 Å². The fourth-order valence-corrected chi connectivity index (χ4v) is 2.33. The molecule has 3 heteroatoms. The van der Waals surface area contributed by atoms with Crippen molar-refractivity contribution in [3.8, 4) is 0 Å². The topological polar surface area (TPSA) is 35.5 Å². The smallest absolute Gasteiger partial charge is 0.0597 e. The summed E-state index contributed by atoms with van der Waals surface area (Å²) in [6.07, 6.45) is 0. The van der Waals surface area contributed by atoms with Crippen molar-refractivity contribution in [2.45, 2.75) is 51.7 Å². The highest BCUT2D eigenvalue weighted by Crippen LogP contribution is 2.27. The van der Waals surface area contributed by atoms with E-state index in [1.54, 1.807) is 0 Å². The highest BCUT2D eigenvalue weighted by atomic mass is 16.3. The molecule has 1 aliphatic rings. The Balaban J connectivity index is 2.77. The van der Waals surface area contributed by atoms with Gasteiger partial charge in [-0.1, -0.05) is 0 Å². The molecule has 0 aromatic carbocycles. The zero-order chi connectivity index (χ0) is 11.0. The molecule has 1 rings (SSSR count). The number of rotatable bonds is 1. The molecular formula is C11H24N2O. The van der Waals surface area contributed by atoms with Gasteiger partial charge in [-0.05, 0) is 34.6 Å². The third-order valence-corrected chi connectivity index (χ3v) is 2.99. The summed E-state index contributed by atoms with van der Waals surface area (Å²) < 4.78 is 0. The van der Waals surface area contributed by atoms with Gasteiger partial charge in [-0.15, -0.1) is 0 Å². The SMILES string of the molecule is CC(C)(C)N1CC(CO)NCC1(C)C. The Morgan fingerprint density at radius 2 is 2.00 bits per heavy atom. The monoisotopic (exact) mass is 200 g/mol. The highest BCUT2D eigenvalue weighted by molar-refractivity contribution is 4.97. The van der Waals surface area contributed by atoms with Gasteiger partial charge in [-0.2, -0.15) is 0 Å². The molecule has 14 heavy (non-hydrogen) atoms. The predicted octanol–water partition coefficient (Wildman–Crippen LogP) is 0.830. The number of nitrogens with zero attached hydrogens (tertiary/aromatic N) is 1. The minimum absolute atomic E-state index is 0.166. The normalized spacial score (nSPS) is 29.1. The molecule has 1 saturated heterocycles. The van der Waals surface area contributed by atoms with Crippen LogP contribution in [-0.2, 0) is 0 Å². The Morgan fingerprint density at radius 1 is 1.43 bits per heavy atom. The summed E-state index contributed by atoms with van der Waals surface area (Å²) in [5.74, 6) is 0. The Morgan fingerprint density at radius 3 is 2.43 bits per heavy atom. The number of aliphatic hydroxyl groups is 1. The minimum Gasteiger partial charge on any atom is -0.395 e. The molecule has 1 heterocycles. The summed E-state index contributed by atoms with van der Waals surface area (Å²) in [6.45, 7) is 13.3. The van der Waals surface area contributed by atoms with Crippen LogP contribution in [0.25, 0.3) is 0 Å². The van der Waals surface area contributed by atoms with Gasteiger partial charge in [0, 0.05) is 30.2 Å². The summed E-state index contributed by atoms with van der Waals surface area (Å²) >= 11 is 0. The molecule has 0 aromatic rings. The number of hydrogen-bond donors (Lipinski definition) is 2. The van der Waals surface area contributed by atoms with E-state index in [2.05, 4.69) is 44.8 Å². The van der Waals surface area contributed by atoms with E-state index in [0.717, 1.165) is 13.1 Å². The zero-order valence-corrected chi connectivity index (χ0v) is 10.1. The van der Waals surface area contributed by atoms with Gasteiger partial charge >= 0.3 is 0 Å². The van der Waals surface area contributed by atoms with E-state index in [1.807, 2.05) is 0 Å². The lowest BCUT2D eigenvalue weighted by Crippen LogP contribution is -2.67. The van der Waals surface area contributed by atoms with Crippen LogP contribution in [-0.4, -0.2) is 46.8 Å². The van der Waals surface area contributed by atoms with Gasteiger partial charge < -0.3 is 10.4 Å². The molecule has 1 unspecified atom stereocenters. The summed E-state index contributed by atoms with van der Waals surface area (Å²) in [6, 6.07) is 0.224. The van der Waals surface area contributed by atoms with Gasteiger partial charge in [0.15, 0.2) is 0 Å². The van der Waals surface area contributed by atoms with E-state index in [1.165, 1.54) is 0 Å². The Hall–Kier alpha value is -0.120. The van der Waals surface area contributed by atoms with E-state index in [0.29, 0.717) is 0 Å². The fraction of sp³-hybridized carbons (Fsp3) is 1.00. The maximum absolute atomic E-state index is 9.16. The third-order valence-electron chi connectivity index (χ3n) is 2.99. The lowest BCUT2D eigenvalue weighted by molar-refractivity contribution is -0.0178. The maximum atomic E-state index is 9.16. The molecule has 0 bridgehead atoms. The minimum atomic E-state index is 0.166. The first kappa shape index (κ1) is 12.0. The first-order chi connectivity index (χ1) is 6.27. The molecule has 0 amide bonds. The molecular weight excluding hydrogens is 176 g/mol. The lowest BCUT2D eigenvalue weighted by Gasteiger charge is -2.52. The molecule has 1 aliphatic heterocycles. The highest BCUT2D eigenvalue weighted by Gasteiger charge is 2.39. The molecule has 2 N–H and O–H groups in total. The summed E-state index contributed by atoms with van der Waals surface area (Å²) in [5, 5.41) is 12.5. The van der Waals surface area contributed by atoms with Crippen molar-refractivity contribution in [3.63, 3.8) is 0 Å². The van der Waals surface area contributed by atoms with E-state index in [-0.39, 0.29) is 23.7 Å². The van der Waals surface area contributed by atoms with E-state index in [9.17, 15) is 0 Å². The average molecular weight is 200 g/mol. The van der Waals surface area contributed by atoms with Gasteiger partial charge in [0.1, 0.15) is 0 Å². The molecule has 0 spiro atoms. The second-order valence-corrected chi connectivity index (χ2v) is 5.85. The van der Waals surface area contributed by atoms with E-state index in [4.69, 9.17) is 5.11 Å².